The second-order valence-corrected chi connectivity index (χ2v) is 3.23. The summed E-state index contributed by atoms with van der Waals surface area (Å²) < 4.78 is 5.63. The maximum Gasteiger partial charge on any atom is 0.127 e. The maximum absolute atomic E-state index is 5.63. The van der Waals surface area contributed by atoms with Crippen molar-refractivity contribution in [3.8, 4) is 11.5 Å². The molecule has 0 amide bonds. The number of ether oxygens (including phenoxy) is 1. The average molecular weight is 257 g/mol. The van der Waals surface area contributed by atoms with E-state index in [1.807, 2.05) is 54.6 Å². The summed E-state index contributed by atoms with van der Waals surface area (Å²) in [6.45, 7) is 2.06. The number of halogens is 2. The molecule has 0 bridgehead atoms. The molecule has 2 aromatic rings. The van der Waals surface area contributed by atoms with Crippen LogP contribution in [-0.2, 0) is 0 Å². The van der Waals surface area contributed by atoms with Crippen molar-refractivity contribution >= 4 is 24.8 Å². The summed E-state index contributed by atoms with van der Waals surface area (Å²) in [6, 6.07) is 17.8. The van der Waals surface area contributed by atoms with Crippen molar-refractivity contribution in [2.45, 2.75) is 6.92 Å². The zero-order valence-electron chi connectivity index (χ0n) is 8.92. The van der Waals surface area contributed by atoms with Gasteiger partial charge >= 0.3 is 0 Å². The van der Waals surface area contributed by atoms with Gasteiger partial charge in [0.05, 0.1) is 0 Å². The van der Waals surface area contributed by atoms with Gasteiger partial charge in [-0.25, -0.2) is 0 Å². The second-order valence-electron chi connectivity index (χ2n) is 3.23. The Bertz CT molecular complexity index is 398. The molecule has 0 aromatic heterocycles. The van der Waals surface area contributed by atoms with Gasteiger partial charge in [0, 0.05) is 0 Å². The fourth-order valence-corrected chi connectivity index (χ4v) is 1.23. The Morgan fingerprint density at radius 2 is 1.19 bits per heavy atom. The first-order chi connectivity index (χ1) is 6.84. The van der Waals surface area contributed by atoms with E-state index in [2.05, 4.69) is 6.92 Å². The van der Waals surface area contributed by atoms with E-state index in [1.165, 1.54) is 5.56 Å². The molecule has 2 aromatic carbocycles. The van der Waals surface area contributed by atoms with Crippen LogP contribution in [-0.4, -0.2) is 0 Å². The summed E-state index contributed by atoms with van der Waals surface area (Å²) in [5.74, 6) is 1.75. The molecular weight excluding hydrogens is 243 g/mol. The minimum Gasteiger partial charge on any atom is -0.457 e. The lowest BCUT2D eigenvalue weighted by molar-refractivity contribution is 0.482. The molecule has 3 heteroatoms. The minimum absolute atomic E-state index is 0. The smallest absolute Gasteiger partial charge is 0.127 e. The van der Waals surface area contributed by atoms with Crippen molar-refractivity contribution < 1.29 is 4.74 Å². The Hall–Kier alpha value is -1.18. The van der Waals surface area contributed by atoms with Gasteiger partial charge in [-0.1, -0.05) is 35.9 Å². The van der Waals surface area contributed by atoms with Crippen molar-refractivity contribution in [1.29, 1.82) is 0 Å². The van der Waals surface area contributed by atoms with Crippen molar-refractivity contribution in [1.82, 2.24) is 0 Å². The number of hydrogen-bond donors (Lipinski definition) is 0. The van der Waals surface area contributed by atoms with E-state index in [9.17, 15) is 0 Å². The van der Waals surface area contributed by atoms with E-state index < -0.39 is 0 Å². The molecule has 0 aliphatic heterocycles. The molecule has 86 valence electrons. The summed E-state index contributed by atoms with van der Waals surface area (Å²) in [5.41, 5.74) is 1.24. The minimum atomic E-state index is 0. The Morgan fingerprint density at radius 3 is 1.75 bits per heavy atom. The normalized spacial score (nSPS) is 8.56. The Morgan fingerprint density at radius 1 is 0.688 bits per heavy atom. The van der Waals surface area contributed by atoms with Gasteiger partial charge in [-0.15, -0.1) is 24.8 Å². The van der Waals surface area contributed by atoms with E-state index in [1.54, 1.807) is 0 Å². The van der Waals surface area contributed by atoms with Crippen molar-refractivity contribution in [2.24, 2.45) is 0 Å². The van der Waals surface area contributed by atoms with Gasteiger partial charge in [0.2, 0.25) is 0 Å². The third kappa shape index (κ3) is 4.13. The predicted octanol–water partition coefficient (Wildman–Crippen LogP) is 4.63. The Kier molecular flexibility index (Phi) is 6.63. The van der Waals surface area contributed by atoms with Crippen LogP contribution in [0.3, 0.4) is 0 Å². The highest BCUT2D eigenvalue weighted by Crippen LogP contribution is 2.20. The molecule has 16 heavy (non-hydrogen) atoms. The quantitative estimate of drug-likeness (QED) is 0.762. The summed E-state index contributed by atoms with van der Waals surface area (Å²) in [4.78, 5) is 0. The van der Waals surface area contributed by atoms with E-state index in [-0.39, 0.29) is 24.8 Å². The maximum atomic E-state index is 5.63. The van der Waals surface area contributed by atoms with Crippen LogP contribution in [0.1, 0.15) is 5.56 Å². The molecule has 0 N–H and O–H groups in total. The molecule has 2 rings (SSSR count). The first kappa shape index (κ1) is 14.8. The molecule has 0 atom stereocenters. The van der Waals surface area contributed by atoms with Crippen LogP contribution in [0.15, 0.2) is 54.6 Å². The van der Waals surface area contributed by atoms with Crippen LogP contribution in [0.5, 0.6) is 11.5 Å². The highest BCUT2D eigenvalue weighted by atomic mass is 35.5. The van der Waals surface area contributed by atoms with Crippen LogP contribution in [0.25, 0.3) is 0 Å². The average Bonchev–Trinajstić information content (AvgIpc) is 2.23. The number of benzene rings is 2. The number of aryl methyl sites for hydroxylation is 1. The molecule has 0 saturated heterocycles. The lowest BCUT2D eigenvalue weighted by Gasteiger charge is -2.04. The van der Waals surface area contributed by atoms with Gasteiger partial charge in [0.25, 0.3) is 0 Å². The molecule has 0 aliphatic rings. The third-order valence-corrected chi connectivity index (χ3v) is 2.00. The predicted molar refractivity (Wildman–Crippen MR) is 72.2 cm³/mol. The van der Waals surface area contributed by atoms with Crippen molar-refractivity contribution in [2.75, 3.05) is 0 Å². The Balaban J connectivity index is 0.00000112. The standard InChI is InChI=1S/C13H12O.2ClH/c1-11-7-9-13(10-8-11)14-12-5-3-2-4-6-12;;/h2-10H,1H3;2*1H. The topological polar surface area (TPSA) is 9.23 Å². The van der Waals surface area contributed by atoms with Crippen molar-refractivity contribution in [3.63, 3.8) is 0 Å². The molecule has 0 aliphatic carbocycles. The fraction of sp³-hybridized carbons (Fsp3) is 0.0769. The number of para-hydroxylation sites is 1. The lowest BCUT2D eigenvalue weighted by atomic mass is 10.2. The largest absolute Gasteiger partial charge is 0.457 e. The summed E-state index contributed by atoms with van der Waals surface area (Å²) in [7, 11) is 0. The van der Waals surface area contributed by atoms with Gasteiger partial charge in [-0.05, 0) is 31.2 Å². The number of hydrogen-bond acceptors (Lipinski definition) is 1. The molecule has 0 radical (unpaired) electrons. The summed E-state index contributed by atoms with van der Waals surface area (Å²) in [6.07, 6.45) is 0. The summed E-state index contributed by atoms with van der Waals surface area (Å²) in [5, 5.41) is 0. The van der Waals surface area contributed by atoms with Gasteiger partial charge in [-0.3, -0.25) is 0 Å². The van der Waals surface area contributed by atoms with Gasteiger partial charge < -0.3 is 4.74 Å². The molecule has 0 fully saturated rings. The first-order valence-electron chi connectivity index (χ1n) is 4.64. The van der Waals surface area contributed by atoms with E-state index in [0.717, 1.165) is 11.5 Å². The molecule has 0 heterocycles. The van der Waals surface area contributed by atoms with Gasteiger partial charge in [0.1, 0.15) is 11.5 Å². The highest BCUT2D eigenvalue weighted by Gasteiger charge is 1.94. The fourth-order valence-electron chi connectivity index (χ4n) is 1.23. The van der Waals surface area contributed by atoms with Crippen LogP contribution >= 0.6 is 24.8 Å². The second kappa shape index (κ2) is 7.15. The molecule has 0 saturated carbocycles. The van der Waals surface area contributed by atoms with Crippen LogP contribution in [0.2, 0.25) is 0 Å². The van der Waals surface area contributed by atoms with E-state index in [4.69, 9.17) is 4.74 Å². The lowest BCUT2D eigenvalue weighted by Crippen LogP contribution is -1.82. The molecule has 0 unspecified atom stereocenters. The van der Waals surface area contributed by atoms with Crippen molar-refractivity contribution in [3.05, 3.63) is 60.2 Å². The third-order valence-electron chi connectivity index (χ3n) is 2.00. The number of rotatable bonds is 2. The molecule has 0 spiro atoms. The summed E-state index contributed by atoms with van der Waals surface area (Å²) >= 11 is 0. The zero-order chi connectivity index (χ0) is 9.80. The van der Waals surface area contributed by atoms with Gasteiger partial charge in [0.15, 0.2) is 0 Å². The molecule has 1 nitrogen and oxygen atoms in total. The monoisotopic (exact) mass is 256 g/mol. The van der Waals surface area contributed by atoms with Crippen LogP contribution < -0.4 is 4.74 Å². The van der Waals surface area contributed by atoms with E-state index >= 15 is 0 Å². The highest BCUT2D eigenvalue weighted by molar-refractivity contribution is 5.85. The van der Waals surface area contributed by atoms with Crippen LogP contribution in [0, 0.1) is 6.92 Å². The zero-order valence-corrected chi connectivity index (χ0v) is 10.6. The Labute approximate surface area is 108 Å². The first-order valence-corrected chi connectivity index (χ1v) is 4.64. The molecular formula is C13H14Cl2O. The van der Waals surface area contributed by atoms with Gasteiger partial charge in [-0.2, -0.15) is 0 Å². The van der Waals surface area contributed by atoms with Crippen LogP contribution in [0.4, 0.5) is 0 Å². The SMILES string of the molecule is Cc1ccc(Oc2ccccc2)cc1.Cl.Cl. The van der Waals surface area contributed by atoms with E-state index in [0.29, 0.717) is 0 Å².